The first-order valence-corrected chi connectivity index (χ1v) is 7.04. The van der Waals surface area contributed by atoms with Crippen LogP contribution in [0.3, 0.4) is 0 Å². The van der Waals surface area contributed by atoms with Gasteiger partial charge < -0.3 is 19.9 Å². The number of carboxylic acids is 1. The first kappa shape index (κ1) is 21.5. The summed E-state index contributed by atoms with van der Waals surface area (Å²) in [5, 5.41) is 11.7. The summed E-state index contributed by atoms with van der Waals surface area (Å²) >= 11 is 0. The van der Waals surface area contributed by atoms with E-state index in [-0.39, 0.29) is 0 Å². The summed E-state index contributed by atoms with van der Waals surface area (Å²) in [5.41, 5.74) is -2.47. The summed E-state index contributed by atoms with van der Waals surface area (Å²) in [6.45, 7) is 5.30. The monoisotopic (exact) mass is 343 g/mol. The smallest absolute Gasteiger partial charge is 0.411 e. The molecule has 0 aromatic carbocycles. The molecule has 0 radical (unpaired) electrons. The number of ether oxygens (including phenoxy) is 2. The Hall–Kier alpha value is -1.51. The number of aliphatic carboxylic acids is 1. The second kappa shape index (κ2) is 7.85. The van der Waals surface area contributed by atoms with Gasteiger partial charge in [-0.1, -0.05) is 13.8 Å². The lowest BCUT2D eigenvalue weighted by Crippen LogP contribution is -2.50. The van der Waals surface area contributed by atoms with Crippen LogP contribution >= 0.6 is 0 Å². The third-order valence-electron chi connectivity index (χ3n) is 3.10. The Morgan fingerprint density at radius 1 is 1.13 bits per heavy atom. The lowest BCUT2D eigenvalue weighted by Gasteiger charge is -2.33. The quantitative estimate of drug-likeness (QED) is 0.742. The molecule has 1 amide bonds. The summed E-state index contributed by atoms with van der Waals surface area (Å²) in [6.07, 6.45) is -5.40. The van der Waals surface area contributed by atoms with Gasteiger partial charge in [0.05, 0.1) is 6.61 Å². The number of halogens is 3. The molecule has 0 aliphatic carbocycles. The molecule has 0 spiro atoms. The Morgan fingerprint density at radius 2 is 1.65 bits per heavy atom. The van der Waals surface area contributed by atoms with Crippen LogP contribution in [0.2, 0.25) is 0 Å². The Balaban J connectivity index is 4.93. The minimum absolute atomic E-state index is 0.410. The zero-order valence-electron chi connectivity index (χ0n) is 13.9. The molecule has 0 aliphatic heterocycles. The predicted molar refractivity (Wildman–Crippen MR) is 76.0 cm³/mol. The highest BCUT2D eigenvalue weighted by molar-refractivity contribution is 5.77. The lowest BCUT2D eigenvalue weighted by atomic mass is 9.77. The molecule has 0 aromatic rings. The minimum Gasteiger partial charge on any atom is -0.481 e. The molecule has 6 nitrogen and oxygen atoms in total. The van der Waals surface area contributed by atoms with Crippen LogP contribution in [0.5, 0.6) is 0 Å². The maximum Gasteiger partial charge on any atom is 0.411 e. The fourth-order valence-electron chi connectivity index (χ4n) is 1.70. The molecule has 0 saturated carbocycles. The molecule has 0 saturated heterocycles. The van der Waals surface area contributed by atoms with Crippen LogP contribution in [0.15, 0.2) is 0 Å². The molecule has 136 valence electrons. The molecular weight excluding hydrogens is 319 g/mol. The van der Waals surface area contributed by atoms with Crippen molar-refractivity contribution in [2.24, 2.45) is 11.3 Å². The number of hydrogen-bond acceptors (Lipinski definition) is 4. The highest BCUT2D eigenvalue weighted by Crippen LogP contribution is 2.29. The second-order valence-electron chi connectivity index (χ2n) is 6.58. The van der Waals surface area contributed by atoms with Gasteiger partial charge in [-0.05, 0) is 26.7 Å². The molecule has 9 heteroatoms. The number of carboxylic acid groups (broad SMARTS) is 1. The van der Waals surface area contributed by atoms with Crippen molar-refractivity contribution in [3.8, 4) is 0 Å². The second-order valence-corrected chi connectivity index (χ2v) is 6.58. The van der Waals surface area contributed by atoms with Crippen molar-refractivity contribution >= 4 is 12.1 Å². The van der Waals surface area contributed by atoms with E-state index in [0.29, 0.717) is 0 Å². The third-order valence-corrected chi connectivity index (χ3v) is 3.10. The Bertz CT molecular complexity index is 418. The molecule has 0 heterocycles. The van der Waals surface area contributed by atoms with Crippen molar-refractivity contribution in [3.05, 3.63) is 0 Å². The molecule has 0 aliphatic rings. The number of amides is 1. The SMILES string of the molecule is CC(C)C(CNC(=O)OC(C)(C)C)(COCC(F)(F)F)C(=O)O. The minimum atomic E-state index is -4.56. The third kappa shape index (κ3) is 8.06. The summed E-state index contributed by atoms with van der Waals surface area (Å²) in [4.78, 5) is 23.2. The molecular formula is C14H24F3NO5. The maximum atomic E-state index is 12.2. The van der Waals surface area contributed by atoms with Crippen molar-refractivity contribution in [2.45, 2.75) is 46.4 Å². The van der Waals surface area contributed by atoms with Crippen LogP contribution in [0.4, 0.5) is 18.0 Å². The van der Waals surface area contributed by atoms with Crippen LogP contribution in [0.25, 0.3) is 0 Å². The van der Waals surface area contributed by atoms with Crippen LogP contribution in [0, 0.1) is 11.3 Å². The van der Waals surface area contributed by atoms with E-state index in [1.54, 1.807) is 20.8 Å². The molecule has 1 unspecified atom stereocenters. The number of rotatable bonds is 7. The number of alkyl halides is 3. The number of carbonyl (C=O) groups is 2. The van der Waals surface area contributed by atoms with Gasteiger partial charge in [-0.15, -0.1) is 0 Å². The molecule has 23 heavy (non-hydrogen) atoms. The first-order chi connectivity index (χ1) is 10.2. The summed E-state index contributed by atoms with van der Waals surface area (Å²) in [5.74, 6) is -1.94. The molecule has 0 bridgehead atoms. The lowest BCUT2D eigenvalue weighted by molar-refractivity contribution is -0.189. The van der Waals surface area contributed by atoms with Gasteiger partial charge in [0.25, 0.3) is 0 Å². The molecule has 0 aromatic heterocycles. The highest BCUT2D eigenvalue weighted by Gasteiger charge is 2.44. The largest absolute Gasteiger partial charge is 0.481 e. The van der Waals surface area contributed by atoms with Crippen molar-refractivity contribution in [2.75, 3.05) is 19.8 Å². The molecule has 0 rings (SSSR count). The van der Waals surface area contributed by atoms with Crippen molar-refractivity contribution < 1.29 is 37.3 Å². The van der Waals surface area contributed by atoms with Gasteiger partial charge in [-0.25, -0.2) is 4.79 Å². The van der Waals surface area contributed by atoms with Gasteiger partial charge in [-0.2, -0.15) is 13.2 Å². The van der Waals surface area contributed by atoms with E-state index in [2.05, 4.69) is 10.1 Å². The van der Waals surface area contributed by atoms with E-state index in [4.69, 9.17) is 4.74 Å². The summed E-state index contributed by atoms with van der Waals surface area (Å²) in [6, 6.07) is 0. The van der Waals surface area contributed by atoms with Crippen molar-refractivity contribution in [3.63, 3.8) is 0 Å². The Kier molecular flexibility index (Phi) is 7.33. The number of alkyl carbamates (subject to hydrolysis) is 1. The summed E-state index contributed by atoms with van der Waals surface area (Å²) in [7, 11) is 0. The van der Waals surface area contributed by atoms with Crippen LogP contribution in [-0.4, -0.2) is 48.7 Å². The van der Waals surface area contributed by atoms with Gasteiger partial charge in [0.15, 0.2) is 0 Å². The number of nitrogens with one attached hydrogen (secondary N) is 1. The van der Waals surface area contributed by atoms with E-state index in [1.807, 2.05) is 0 Å². The number of hydrogen-bond donors (Lipinski definition) is 2. The van der Waals surface area contributed by atoms with Gasteiger partial charge in [0.2, 0.25) is 0 Å². The van der Waals surface area contributed by atoms with Gasteiger partial charge in [-0.3, -0.25) is 4.79 Å². The van der Waals surface area contributed by atoms with Crippen LogP contribution < -0.4 is 5.32 Å². The van der Waals surface area contributed by atoms with Crippen molar-refractivity contribution in [1.82, 2.24) is 5.32 Å². The van der Waals surface area contributed by atoms with E-state index in [1.165, 1.54) is 13.8 Å². The van der Waals surface area contributed by atoms with Gasteiger partial charge in [0, 0.05) is 6.54 Å². The van der Waals surface area contributed by atoms with Crippen molar-refractivity contribution in [1.29, 1.82) is 0 Å². The predicted octanol–water partition coefficient (Wildman–Crippen LogP) is 2.82. The normalized spacial score (nSPS) is 15.2. The number of carbonyl (C=O) groups excluding carboxylic acids is 1. The highest BCUT2D eigenvalue weighted by atomic mass is 19.4. The topological polar surface area (TPSA) is 84.9 Å². The van der Waals surface area contributed by atoms with E-state index < -0.39 is 54.9 Å². The van der Waals surface area contributed by atoms with Gasteiger partial charge in [0.1, 0.15) is 17.6 Å². The Morgan fingerprint density at radius 3 is 2.00 bits per heavy atom. The zero-order chi connectivity index (χ0) is 18.5. The van der Waals surface area contributed by atoms with Crippen LogP contribution in [0.1, 0.15) is 34.6 Å². The maximum absolute atomic E-state index is 12.2. The zero-order valence-corrected chi connectivity index (χ0v) is 13.9. The van der Waals surface area contributed by atoms with E-state index >= 15 is 0 Å². The average molecular weight is 343 g/mol. The fourth-order valence-corrected chi connectivity index (χ4v) is 1.70. The first-order valence-electron chi connectivity index (χ1n) is 7.04. The summed E-state index contributed by atoms with van der Waals surface area (Å²) < 4.78 is 46.0. The van der Waals surface area contributed by atoms with Gasteiger partial charge >= 0.3 is 18.2 Å². The van der Waals surface area contributed by atoms with E-state index in [9.17, 15) is 27.9 Å². The standard InChI is InChI=1S/C14H24F3NO5/c1-9(2)13(10(19)20,7-22-8-14(15,16)17)6-18-11(21)23-12(3,4)5/h9H,6-8H2,1-5H3,(H,18,21)(H,19,20). The average Bonchev–Trinajstić information content (AvgIpc) is 2.28. The molecule has 0 fully saturated rings. The molecule has 2 N–H and O–H groups in total. The molecule has 1 atom stereocenters. The van der Waals surface area contributed by atoms with E-state index in [0.717, 1.165) is 0 Å². The fraction of sp³-hybridized carbons (Fsp3) is 0.857. The Labute approximate surface area is 133 Å². The van der Waals surface area contributed by atoms with Crippen LogP contribution in [-0.2, 0) is 14.3 Å².